The molecule has 0 fully saturated rings. The summed E-state index contributed by atoms with van der Waals surface area (Å²) in [5, 5.41) is 7.58. The summed E-state index contributed by atoms with van der Waals surface area (Å²) in [6, 6.07) is 66.0. The van der Waals surface area contributed by atoms with Gasteiger partial charge in [0.15, 0.2) is 11.5 Å². The lowest BCUT2D eigenvalue weighted by atomic mass is 9.73. The third-order valence-corrected chi connectivity index (χ3v) is 11.6. The Labute approximate surface area is 314 Å². The van der Waals surface area contributed by atoms with Gasteiger partial charge in [0.25, 0.3) is 0 Å². The van der Waals surface area contributed by atoms with Crippen LogP contribution in [0.3, 0.4) is 0 Å². The lowest BCUT2D eigenvalue weighted by Crippen LogP contribution is -2.32. The third kappa shape index (κ3) is 4.48. The van der Waals surface area contributed by atoms with Crippen molar-refractivity contribution in [1.82, 2.24) is 0 Å². The van der Waals surface area contributed by atoms with E-state index in [-0.39, 0.29) is 5.41 Å². The molecule has 2 aliphatic rings. The Morgan fingerprint density at radius 3 is 1.70 bits per heavy atom. The van der Waals surface area contributed by atoms with Crippen molar-refractivity contribution in [3.8, 4) is 22.6 Å². The first-order valence-corrected chi connectivity index (χ1v) is 18.7. The molecule has 0 aliphatic carbocycles. The Kier molecular flexibility index (Phi) is 6.60. The Bertz CT molecular complexity index is 2910. The second-order valence-electron chi connectivity index (χ2n) is 15.0. The molecule has 3 heteroatoms. The Hall–Kier alpha value is -6.84. The van der Waals surface area contributed by atoms with Gasteiger partial charge in [-0.3, -0.25) is 0 Å². The van der Waals surface area contributed by atoms with Gasteiger partial charge >= 0.3 is 0 Å². The molecule has 0 atom stereocenters. The molecule has 54 heavy (non-hydrogen) atoms. The maximum absolute atomic E-state index is 6.55. The van der Waals surface area contributed by atoms with E-state index in [1.165, 1.54) is 54.6 Å². The van der Waals surface area contributed by atoms with Gasteiger partial charge in [0.1, 0.15) is 0 Å². The standard InChI is InChI=1S/C51H36N2O/c1-51(2)44-30-28-37(32-47(44)53-46-20-10-11-21-48(46)54-49-22-12-19-45(51)50(49)53)52(35-25-23-34(24-26-35)33-13-4-3-5-14-33)36-27-29-42-40-17-7-6-15-38(40)39-16-8-9-18-41(39)43(42)31-36/h3-32H,1-2H3. The normalized spacial score (nSPS) is 13.6. The van der Waals surface area contributed by atoms with E-state index in [1.807, 2.05) is 6.07 Å². The van der Waals surface area contributed by atoms with Crippen molar-refractivity contribution in [3.63, 3.8) is 0 Å². The first-order chi connectivity index (χ1) is 26.5. The molecule has 9 aromatic carbocycles. The van der Waals surface area contributed by atoms with E-state index in [0.717, 1.165) is 45.6 Å². The van der Waals surface area contributed by atoms with Crippen LogP contribution in [0.2, 0.25) is 0 Å². The molecule has 2 aliphatic heterocycles. The molecule has 9 aromatic rings. The van der Waals surface area contributed by atoms with Crippen LogP contribution < -0.4 is 14.5 Å². The maximum atomic E-state index is 6.55. The summed E-state index contributed by atoms with van der Waals surface area (Å²) in [5.41, 5.74) is 11.3. The zero-order chi connectivity index (χ0) is 36.0. The van der Waals surface area contributed by atoms with Crippen LogP contribution in [-0.4, -0.2) is 0 Å². The zero-order valence-electron chi connectivity index (χ0n) is 30.1. The van der Waals surface area contributed by atoms with Crippen LogP contribution in [0.1, 0.15) is 25.0 Å². The number of benzene rings is 9. The minimum atomic E-state index is -0.240. The highest BCUT2D eigenvalue weighted by Gasteiger charge is 2.41. The largest absolute Gasteiger partial charge is 0.453 e. The molecule has 0 N–H and O–H groups in total. The zero-order valence-corrected chi connectivity index (χ0v) is 30.1. The van der Waals surface area contributed by atoms with Crippen LogP contribution in [0.25, 0.3) is 43.4 Å². The SMILES string of the molecule is CC1(C)c2ccc(N(c3ccc(-c4ccccc4)cc3)c3ccc4c5ccccc5c5ccccc5c4c3)cc2N2c3ccccc3Oc3cccc1c32. The van der Waals surface area contributed by atoms with Crippen LogP contribution in [0.5, 0.6) is 11.5 Å². The van der Waals surface area contributed by atoms with E-state index in [4.69, 9.17) is 4.74 Å². The molecule has 256 valence electrons. The van der Waals surface area contributed by atoms with E-state index in [1.54, 1.807) is 0 Å². The molecule has 0 aromatic heterocycles. The highest BCUT2D eigenvalue weighted by Crippen LogP contribution is 2.60. The third-order valence-electron chi connectivity index (χ3n) is 11.6. The predicted molar refractivity (Wildman–Crippen MR) is 226 cm³/mol. The van der Waals surface area contributed by atoms with Gasteiger partial charge in [-0.1, -0.05) is 141 Å². The molecule has 0 saturated carbocycles. The summed E-state index contributed by atoms with van der Waals surface area (Å²) in [6.45, 7) is 4.66. The van der Waals surface area contributed by atoms with Crippen LogP contribution in [0.15, 0.2) is 182 Å². The molecule has 0 amide bonds. The van der Waals surface area contributed by atoms with Crippen LogP contribution in [-0.2, 0) is 5.41 Å². The summed E-state index contributed by atoms with van der Waals surface area (Å²) >= 11 is 0. The summed E-state index contributed by atoms with van der Waals surface area (Å²) in [4.78, 5) is 4.84. The Morgan fingerprint density at radius 2 is 0.963 bits per heavy atom. The Balaban J connectivity index is 1.16. The van der Waals surface area contributed by atoms with Gasteiger partial charge in [-0.05, 0) is 109 Å². The van der Waals surface area contributed by atoms with Crippen molar-refractivity contribution in [2.24, 2.45) is 0 Å². The van der Waals surface area contributed by atoms with Gasteiger partial charge < -0.3 is 14.5 Å². The summed E-state index contributed by atoms with van der Waals surface area (Å²) in [6.07, 6.45) is 0. The number of ether oxygens (including phenoxy) is 1. The van der Waals surface area contributed by atoms with Crippen LogP contribution >= 0.6 is 0 Å². The van der Waals surface area contributed by atoms with Gasteiger partial charge in [0.05, 0.1) is 17.1 Å². The molecule has 3 nitrogen and oxygen atoms in total. The van der Waals surface area contributed by atoms with Crippen LogP contribution in [0.4, 0.5) is 34.1 Å². The fraction of sp³-hybridized carbons (Fsp3) is 0.0588. The first kappa shape index (κ1) is 30.8. The molecule has 0 saturated heterocycles. The molecule has 0 radical (unpaired) electrons. The van der Waals surface area contributed by atoms with E-state index in [9.17, 15) is 0 Å². The fourth-order valence-electron chi connectivity index (χ4n) is 8.99. The van der Waals surface area contributed by atoms with Gasteiger partial charge in [-0.25, -0.2) is 0 Å². The van der Waals surface area contributed by atoms with Crippen molar-refractivity contribution in [1.29, 1.82) is 0 Å². The maximum Gasteiger partial charge on any atom is 0.151 e. The smallest absolute Gasteiger partial charge is 0.151 e. The summed E-state index contributed by atoms with van der Waals surface area (Å²) in [5.74, 6) is 1.75. The van der Waals surface area contributed by atoms with E-state index in [0.29, 0.717) is 0 Å². The second kappa shape index (κ2) is 11.6. The van der Waals surface area contributed by atoms with Crippen molar-refractivity contribution in [2.75, 3.05) is 9.80 Å². The molecule has 0 bridgehead atoms. The monoisotopic (exact) mass is 692 g/mol. The molecular weight excluding hydrogens is 657 g/mol. The highest BCUT2D eigenvalue weighted by atomic mass is 16.5. The van der Waals surface area contributed by atoms with Crippen LogP contribution in [0, 0.1) is 0 Å². The predicted octanol–water partition coefficient (Wildman–Crippen LogP) is 14.5. The van der Waals surface area contributed by atoms with Gasteiger partial charge in [-0.2, -0.15) is 0 Å². The molecule has 0 unspecified atom stereocenters. The minimum Gasteiger partial charge on any atom is -0.453 e. The van der Waals surface area contributed by atoms with Gasteiger partial charge in [0, 0.05) is 22.5 Å². The fourth-order valence-corrected chi connectivity index (χ4v) is 8.99. The quantitative estimate of drug-likeness (QED) is 0.171. The highest BCUT2D eigenvalue weighted by molar-refractivity contribution is 6.25. The van der Waals surface area contributed by atoms with Gasteiger partial charge in [0.2, 0.25) is 0 Å². The topological polar surface area (TPSA) is 15.7 Å². The van der Waals surface area contributed by atoms with Crippen molar-refractivity contribution in [3.05, 3.63) is 193 Å². The summed E-state index contributed by atoms with van der Waals surface area (Å²) in [7, 11) is 0. The molecule has 2 heterocycles. The number of anilines is 6. The number of para-hydroxylation sites is 3. The van der Waals surface area contributed by atoms with Crippen molar-refractivity contribution >= 4 is 66.4 Å². The lowest BCUT2D eigenvalue weighted by molar-refractivity contribution is 0.471. The van der Waals surface area contributed by atoms with Crippen molar-refractivity contribution in [2.45, 2.75) is 19.3 Å². The number of fused-ring (bicyclic) bond motifs is 10. The summed E-state index contributed by atoms with van der Waals surface area (Å²) < 4.78 is 6.55. The number of rotatable bonds is 4. The average Bonchev–Trinajstić information content (AvgIpc) is 3.23. The Morgan fingerprint density at radius 1 is 0.407 bits per heavy atom. The van der Waals surface area contributed by atoms with E-state index >= 15 is 0 Å². The van der Waals surface area contributed by atoms with Gasteiger partial charge in [-0.15, -0.1) is 0 Å². The average molecular weight is 693 g/mol. The molecular formula is C51H36N2O. The van der Waals surface area contributed by atoms with Crippen molar-refractivity contribution < 1.29 is 4.74 Å². The number of nitrogens with zero attached hydrogens (tertiary/aromatic N) is 2. The number of hydrogen-bond donors (Lipinski definition) is 0. The lowest BCUT2D eigenvalue weighted by Gasteiger charge is -2.45. The second-order valence-corrected chi connectivity index (χ2v) is 15.0. The first-order valence-electron chi connectivity index (χ1n) is 18.7. The number of hydrogen-bond acceptors (Lipinski definition) is 3. The minimum absolute atomic E-state index is 0.240. The van der Waals surface area contributed by atoms with E-state index in [2.05, 4.69) is 200 Å². The molecule has 11 rings (SSSR count). The van der Waals surface area contributed by atoms with E-state index < -0.39 is 0 Å². The molecule has 0 spiro atoms.